The molecule has 1 saturated heterocycles. The molecule has 1 aliphatic rings. The number of benzene rings is 2. The topological polar surface area (TPSA) is 41.4 Å². The van der Waals surface area contributed by atoms with E-state index < -0.39 is 0 Å². The fourth-order valence-corrected chi connectivity index (χ4v) is 4.53. The van der Waals surface area contributed by atoms with Gasteiger partial charge in [-0.25, -0.2) is 4.98 Å². The number of imidazole rings is 1. The number of thioether (sulfide) groups is 1. The number of hydrogen-bond acceptors (Lipinski definition) is 4. The highest BCUT2D eigenvalue weighted by Gasteiger charge is 2.21. The third-order valence-corrected chi connectivity index (χ3v) is 6.58. The molecule has 0 atom stereocenters. The molecule has 6 heteroatoms. The Bertz CT molecular complexity index is 1020. The highest BCUT2D eigenvalue weighted by Crippen LogP contribution is 2.21. The largest absolute Gasteiger partial charge is 0.336 e. The van der Waals surface area contributed by atoms with Crippen molar-refractivity contribution in [3.05, 3.63) is 89.8 Å². The van der Waals surface area contributed by atoms with Gasteiger partial charge < -0.3 is 9.47 Å². The Morgan fingerprint density at radius 1 is 1.06 bits per heavy atom. The van der Waals surface area contributed by atoms with E-state index in [0.717, 1.165) is 54.8 Å². The van der Waals surface area contributed by atoms with Gasteiger partial charge in [-0.1, -0.05) is 66.4 Å². The van der Waals surface area contributed by atoms with Gasteiger partial charge in [0.15, 0.2) is 5.16 Å². The monoisotopic (exact) mass is 432 g/mol. The van der Waals surface area contributed by atoms with Crippen LogP contribution in [0.2, 0.25) is 0 Å². The summed E-state index contributed by atoms with van der Waals surface area (Å²) >= 11 is 1.68. The lowest BCUT2D eigenvalue weighted by atomic mass is 10.1. The Kier molecular flexibility index (Phi) is 7.22. The number of piperazine rings is 1. The molecule has 5 nitrogen and oxygen atoms in total. The maximum atomic E-state index is 13.0. The van der Waals surface area contributed by atoms with Crippen molar-refractivity contribution in [3.63, 3.8) is 0 Å². The first-order valence-electron chi connectivity index (χ1n) is 10.6. The second-order valence-corrected chi connectivity index (χ2v) is 8.66. The van der Waals surface area contributed by atoms with E-state index in [1.54, 1.807) is 18.0 Å². The lowest BCUT2D eigenvalue weighted by Gasteiger charge is -2.34. The molecule has 0 N–H and O–H groups in total. The Hall–Kier alpha value is -2.83. The zero-order chi connectivity index (χ0) is 21.5. The fourth-order valence-electron chi connectivity index (χ4n) is 3.65. The molecule has 0 unspecified atom stereocenters. The molecule has 4 rings (SSSR count). The molecule has 1 aromatic heterocycles. The van der Waals surface area contributed by atoms with Crippen LogP contribution in [0.3, 0.4) is 0 Å². The van der Waals surface area contributed by atoms with Gasteiger partial charge in [0.05, 0.1) is 0 Å². The van der Waals surface area contributed by atoms with Gasteiger partial charge in [0, 0.05) is 63.5 Å². The van der Waals surface area contributed by atoms with Crippen molar-refractivity contribution < 1.29 is 4.79 Å². The predicted octanol–water partition coefficient (Wildman–Crippen LogP) is 4.18. The molecule has 1 aliphatic heterocycles. The van der Waals surface area contributed by atoms with Crippen LogP contribution in [0.1, 0.15) is 21.5 Å². The summed E-state index contributed by atoms with van der Waals surface area (Å²) in [5.74, 6) is 0.927. The van der Waals surface area contributed by atoms with Gasteiger partial charge in [-0.05, 0) is 23.3 Å². The summed E-state index contributed by atoms with van der Waals surface area (Å²) in [5.41, 5.74) is 3.14. The molecule has 0 radical (unpaired) electrons. The lowest BCUT2D eigenvalue weighted by molar-refractivity contribution is 0.0650. The van der Waals surface area contributed by atoms with E-state index in [1.807, 2.05) is 47.0 Å². The first kappa shape index (κ1) is 21.4. The molecule has 0 saturated carbocycles. The van der Waals surface area contributed by atoms with Crippen LogP contribution in [-0.2, 0) is 12.8 Å². The standard InChI is InChI=1S/C25H28N4OS/c1-27-14-12-26-25(27)31-20-22-9-5-11-23(19-22)24(30)29-17-15-28(16-18-29)13-6-10-21-7-3-2-4-8-21/h2-12,14,19H,13,15-18,20H2,1H3/b10-6+. The van der Waals surface area contributed by atoms with E-state index in [9.17, 15) is 4.79 Å². The second kappa shape index (κ2) is 10.5. The molecule has 0 spiro atoms. The van der Waals surface area contributed by atoms with Crippen molar-refractivity contribution in [2.75, 3.05) is 32.7 Å². The summed E-state index contributed by atoms with van der Waals surface area (Å²) in [6, 6.07) is 18.3. The molecule has 2 heterocycles. The summed E-state index contributed by atoms with van der Waals surface area (Å²) in [5, 5.41) is 0.981. The van der Waals surface area contributed by atoms with Gasteiger partial charge in [-0.3, -0.25) is 9.69 Å². The highest BCUT2D eigenvalue weighted by molar-refractivity contribution is 7.98. The minimum absolute atomic E-state index is 0.128. The van der Waals surface area contributed by atoms with E-state index >= 15 is 0 Å². The molecule has 160 valence electrons. The average Bonchev–Trinajstić information content (AvgIpc) is 3.23. The van der Waals surface area contributed by atoms with E-state index in [1.165, 1.54) is 5.56 Å². The van der Waals surface area contributed by atoms with E-state index in [4.69, 9.17) is 0 Å². The summed E-state index contributed by atoms with van der Waals surface area (Å²) < 4.78 is 2.01. The molecular weight excluding hydrogens is 404 g/mol. The quantitative estimate of drug-likeness (QED) is 0.525. The van der Waals surface area contributed by atoms with E-state index in [-0.39, 0.29) is 5.91 Å². The van der Waals surface area contributed by atoms with Crippen molar-refractivity contribution in [3.8, 4) is 0 Å². The lowest BCUT2D eigenvalue weighted by Crippen LogP contribution is -2.48. The summed E-state index contributed by atoms with van der Waals surface area (Å²) in [4.78, 5) is 21.7. The van der Waals surface area contributed by atoms with Crippen LogP contribution in [0.4, 0.5) is 0 Å². The van der Waals surface area contributed by atoms with Crippen LogP contribution in [0.15, 0.2) is 78.2 Å². The molecule has 0 aliphatic carbocycles. The average molecular weight is 433 g/mol. The van der Waals surface area contributed by atoms with Crippen molar-refractivity contribution in [2.24, 2.45) is 7.05 Å². The van der Waals surface area contributed by atoms with Gasteiger partial charge >= 0.3 is 0 Å². The van der Waals surface area contributed by atoms with Crippen LogP contribution in [-0.4, -0.2) is 58.0 Å². The number of carbonyl (C=O) groups excluding carboxylic acids is 1. The van der Waals surface area contributed by atoms with Crippen molar-refractivity contribution in [1.82, 2.24) is 19.4 Å². The van der Waals surface area contributed by atoms with Gasteiger partial charge in [0.2, 0.25) is 0 Å². The Morgan fingerprint density at radius 2 is 1.87 bits per heavy atom. The predicted molar refractivity (Wildman–Crippen MR) is 127 cm³/mol. The third kappa shape index (κ3) is 5.87. The number of hydrogen-bond donors (Lipinski definition) is 0. The first-order chi connectivity index (χ1) is 15.2. The number of rotatable bonds is 7. The van der Waals surface area contributed by atoms with Crippen molar-refractivity contribution >= 4 is 23.7 Å². The number of aromatic nitrogens is 2. The van der Waals surface area contributed by atoms with Crippen LogP contribution >= 0.6 is 11.8 Å². The van der Waals surface area contributed by atoms with Crippen molar-refractivity contribution in [1.29, 1.82) is 0 Å². The molecule has 2 aromatic carbocycles. The second-order valence-electron chi connectivity index (χ2n) is 7.72. The molecule has 1 fully saturated rings. The Morgan fingerprint density at radius 3 is 2.61 bits per heavy atom. The molecule has 31 heavy (non-hydrogen) atoms. The van der Waals surface area contributed by atoms with Gasteiger partial charge in [0.1, 0.15) is 0 Å². The minimum atomic E-state index is 0.128. The van der Waals surface area contributed by atoms with Crippen molar-refractivity contribution in [2.45, 2.75) is 10.9 Å². The minimum Gasteiger partial charge on any atom is -0.336 e. The molecule has 1 amide bonds. The number of aryl methyl sites for hydroxylation is 1. The SMILES string of the molecule is Cn1ccnc1SCc1cccc(C(=O)N2CCN(C/C=C/c3ccccc3)CC2)c1. The summed E-state index contributed by atoms with van der Waals surface area (Å²) in [6.07, 6.45) is 8.11. The maximum Gasteiger partial charge on any atom is 0.253 e. The van der Waals surface area contributed by atoms with E-state index in [0.29, 0.717) is 0 Å². The Balaban J connectivity index is 1.27. The third-order valence-electron chi connectivity index (χ3n) is 5.45. The zero-order valence-corrected chi connectivity index (χ0v) is 18.7. The Labute approximate surface area is 188 Å². The summed E-state index contributed by atoms with van der Waals surface area (Å²) in [7, 11) is 1.99. The van der Waals surface area contributed by atoms with Crippen LogP contribution in [0.5, 0.6) is 0 Å². The fraction of sp³-hybridized carbons (Fsp3) is 0.280. The summed E-state index contributed by atoms with van der Waals surface area (Å²) in [6.45, 7) is 4.25. The first-order valence-corrected chi connectivity index (χ1v) is 11.6. The van der Waals surface area contributed by atoms with E-state index in [2.05, 4.69) is 52.4 Å². The normalized spacial score (nSPS) is 14.9. The highest BCUT2D eigenvalue weighted by atomic mass is 32.2. The molecular formula is C25H28N4OS. The smallest absolute Gasteiger partial charge is 0.253 e. The van der Waals surface area contributed by atoms with Crippen LogP contribution in [0, 0.1) is 0 Å². The molecule has 0 bridgehead atoms. The number of nitrogens with zero attached hydrogens (tertiary/aromatic N) is 4. The number of carbonyl (C=O) groups is 1. The van der Waals surface area contributed by atoms with Gasteiger partial charge in [-0.15, -0.1) is 0 Å². The van der Waals surface area contributed by atoms with Crippen LogP contribution < -0.4 is 0 Å². The zero-order valence-electron chi connectivity index (χ0n) is 17.9. The van der Waals surface area contributed by atoms with Crippen LogP contribution in [0.25, 0.3) is 6.08 Å². The number of amides is 1. The molecule has 3 aromatic rings. The van der Waals surface area contributed by atoms with Gasteiger partial charge in [-0.2, -0.15) is 0 Å². The maximum absolute atomic E-state index is 13.0. The van der Waals surface area contributed by atoms with Gasteiger partial charge in [0.25, 0.3) is 5.91 Å².